The normalized spacial score (nSPS) is 13.2. The van der Waals surface area contributed by atoms with E-state index < -0.39 is 29.4 Å². The molecule has 6 heteroatoms. The van der Waals surface area contributed by atoms with Gasteiger partial charge in [0.2, 0.25) is 6.17 Å². The Morgan fingerprint density at radius 2 is 1.94 bits per heavy atom. The quantitative estimate of drug-likeness (QED) is 0.607. The van der Waals surface area contributed by atoms with Gasteiger partial charge < -0.3 is 4.74 Å². The molecule has 0 saturated carbocycles. The van der Waals surface area contributed by atoms with Crippen molar-refractivity contribution in [2.45, 2.75) is 19.3 Å². The first-order chi connectivity index (χ1) is 7.88. The third-order valence-corrected chi connectivity index (χ3v) is 2.03. The number of carbonyl (C=O) groups excluding carboxylic acids is 1. The molecular weight excluding hydrogens is 240 g/mol. The minimum Gasteiger partial charge on any atom is -0.464 e. The Balaban J connectivity index is 3.09. The molecule has 1 atom stereocenters. The summed E-state index contributed by atoms with van der Waals surface area (Å²) in [6.07, 6.45) is -7.12. The van der Waals surface area contributed by atoms with Crippen LogP contribution in [0.25, 0.3) is 0 Å². The first-order valence-corrected chi connectivity index (χ1v) is 4.84. The molecule has 0 aliphatic carbocycles. The SMILES string of the molecule is CCOC(=O)C(F)c1ccccc1C(F)(F)F. The fraction of sp³-hybridized carbons (Fsp3) is 0.364. The molecule has 17 heavy (non-hydrogen) atoms. The summed E-state index contributed by atoms with van der Waals surface area (Å²) in [5.74, 6) is -1.32. The number of hydrogen-bond donors (Lipinski definition) is 0. The molecular formula is C11H10F4O2. The van der Waals surface area contributed by atoms with Crippen LogP contribution in [-0.2, 0) is 15.7 Å². The van der Waals surface area contributed by atoms with E-state index in [1.54, 1.807) is 0 Å². The molecule has 1 unspecified atom stereocenters. The predicted molar refractivity (Wildman–Crippen MR) is 51.9 cm³/mol. The van der Waals surface area contributed by atoms with Crippen LogP contribution in [0.1, 0.15) is 24.2 Å². The predicted octanol–water partition coefficient (Wildman–Crippen LogP) is 3.28. The lowest BCUT2D eigenvalue weighted by atomic mass is 10.0. The fourth-order valence-electron chi connectivity index (χ4n) is 1.32. The number of carbonyl (C=O) groups is 1. The van der Waals surface area contributed by atoms with Gasteiger partial charge in [-0.3, -0.25) is 0 Å². The van der Waals surface area contributed by atoms with E-state index in [-0.39, 0.29) is 6.61 Å². The lowest BCUT2D eigenvalue weighted by Crippen LogP contribution is -2.17. The highest BCUT2D eigenvalue weighted by Gasteiger charge is 2.37. The summed E-state index contributed by atoms with van der Waals surface area (Å²) >= 11 is 0. The monoisotopic (exact) mass is 250 g/mol. The van der Waals surface area contributed by atoms with Crippen LogP contribution in [0.15, 0.2) is 24.3 Å². The van der Waals surface area contributed by atoms with Gasteiger partial charge in [-0.2, -0.15) is 13.2 Å². The molecule has 94 valence electrons. The number of alkyl halides is 4. The Morgan fingerprint density at radius 1 is 1.35 bits per heavy atom. The molecule has 0 heterocycles. The number of halogens is 4. The number of ether oxygens (including phenoxy) is 1. The standard InChI is InChI=1S/C11H10F4O2/c1-2-17-10(16)9(12)7-5-3-4-6-8(7)11(13,14)15/h3-6,9H,2H2,1H3. The fourth-order valence-corrected chi connectivity index (χ4v) is 1.32. The summed E-state index contributed by atoms with van der Waals surface area (Å²) < 4.78 is 55.5. The van der Waals surface area contributed by atoms with Crippen LogP contribution in [0.3, 0.4) is 0 Å². The van der Waals surface area contributed by atoms with Crippen molar-refractivity contribution in [2.24, 2.45) is 0 Å². The molecule has 0 saturated heterocycles. The van der Waals surface area contributed by atoms with Crippen molar-refractivity contribution in [2.75, 3.05) is 6.61 Å². The number of esters is 1. The Hall–Kier alpha value is -1.59. The minimum absolute atomic E-state index is 0.0898. The van der Waals surface area contributed by atoms with E-state index >= 15 is 0 Å². The van der Waals surface area contributed by atoms with Gasteiger partial charge >= 0.3 is 12.1 Å². The Bertz CT molecular complexity index is 401. The molecule has 2 nitrogen and oxygen atoms in total. The molecule has 0 N–H and O–H groups in total. The molecule has 0 aliphatic heterocycles. The van der Waals surface area contributed by atoms with E-state index in [1.165, 1.54) is 13.0 Å². The zero-order valence-electron chi connectivity index (χ0n) is 8.92. The molecule has 0 aliphatic rings. The highest BCUT2D eigenvalue weighted by molar-refractivity contribution is 5.77. The summed E-state index contributed by atoms with van der Waals surface area (Å²) in [5, 5.41) is 0. The van der Waals surface area contributed by atoms with Crippen molar-refractivity contribution in [1.82, 2.24) is 0 Å². The van der Waals surface area contributed by atoms with Gasteiger partial charge in [0.25, 0.3) is 0 Å². The molecule has 0 amide bonds. The number of hydrogen-bond acceptors (Lipinski definition) is 2. The lowest BCUT2D eigenvalue weighted by molar-refractivity contribution is -0.150. The van der Waals surface area contributed by atoms with Gasteiger partial charge in [-0.25, -0.2) is 9.18 Å². The maximum absolute atomic E-state index is 13.5. The summed E-state index contributed by atoms with van der Waals surface area (Å²) in [6.45, 7) is 1.35. The third kappa shape index (κ3) is 3.18. The second-order valence-electron chi connectivity index (χ2n) is 3.20. The lowest BCUT2D eigenvalue weighted by Gasteiger charge is -2.14. The summed E-state index contributed by atoms with van der Waals surface area (Å²) in [7, 11) is 0. The van der Waals surface area contributed by atoms with Gasteiger partial charge in [0.1, 0.15) is 0 Å². The number of benzene rings is 1. The highest BCUT2D eigenvalue weighted by atomic mass is 19.4. The van der Waals surface area contributed by atoms with E-state index in [4.69, 9.17) is 0 Å². The second-order valence-corrected chi connectivity index (χ2v) is 3.20. The zero-order valence-corrected chi connectivity index (χ0v) is 8.92. The molecule has 0 bridgehead atoms. The minimum atomic E-state index is -4.70. The van der Waals surface area contributed by atoms with Crippen LogP contribution in [0.5, 0.6) is 0 Å². The van der Waals surface area contributed by atoms with Crippen molar-refractivity contribution in [3.8, 4) is 0 Å². The average Bonchev–Trinajstić information content (AvgIpc) is 2.27. The van der Waals surface area contributed by atoms with Crippen LogP contribution in [0, 0.1) is 0 Å². The molecule has 0 spiro atoms. The van der Waals surface area contributed by atoms with Gasteiger partial charge in [0.15, 0.2) is 0 Å². The largest absolute Gasteiger partial charge is 0.464 e. The zero-order chi connectivity index (χ0) is 13.1. The topological polar surface area (TPSA) is 26.3 Å². The Kier molecular flexibility index (Phi) is 4.09. The van der Waals surface area contributed by atoms with E-state index in [1.807, 2.05) is 0 Å². The van der Waals surface area contributed by atoms with Crippen LogP contribution in [-0.4, -0.2) is 12.6 Å². The van der Waals surface area contributed by atoms with Crippen LogP contribution >= 0.6 is 0 Å². The summed E-state index contributed by atoms with van der Waals surface area (Å²) in [5.41, 5.74) is -1.89. The second kappa shape index (κ2) is 5.16. The Morgan fingerprint density at radius 3 is 2.47 bits per heavy atom. The molecule has 1 rings (SSSR count). The van der Waals surface area contributed by atoms with E-state index in [0.29, 0.717) is 0 Å². The number of rotatable bonds is 3. The smallest absolute Gasteiger partial charge is 0.416 e. The van der Waals surface area contributed by atoms with Crippen molar-refractivity contribution in [3.63, 3.8) is 0 Å². The van der Waals surface area contributed by atoms with Gasteiger partial charge in [0.05, 0.1) is 12.2 Å². The van der Waals surface area contributed by atoms with Crippen molar-refractivity contribution >= 4 is 5.97 Å². The van der Waals surface area contributed by atoms with Crippen molar-refractivity contribution < 1.29 is 27.1 Å². The average molecular weight is 250 g/mol. The van der Waals surface area contributed by atoms with Crippen LogP contribution in [0.2, 0.25) is 0 Å². The van der Waals surface area contributed by atoms with Crippen molar-refractivity contribution in [3.05, 3.63) is 35.4 Å². The first-order valence-electron chi connectivity index (χ1n) is 4.84. The first kappa shape index (κ1) is 13.5. The van der Waals surface area contributed by atoms with Gasteiger partial charge in [-0.05, 0) is 13.0 Å². The highest BCUT2D eigenvalue weighted by Crippen LogP contribution is 2.35. The van der Waals surface area contributed by atoms with Gasteiger partial charge in [-0.15, -0.1) is 0 Å². The van der Waals surface area contributed by atoms with Gasteiger partial charge in [-0.1, -0.05) is 18.2 Å². The van der Waals surface area contributed by atoms with Crippen LogP contribution in [0.4, 0.5) is 17.6 Å². The Labute approximate surface area is 95.2 Å². The third-order valence-electron chi connectivity index (χ3n) is 2.03. The van der Waals surface area contributed by atoms with E-state index in [9.17, 15) is 22.4 Å². The summed E-state index contributed by atoms with van der Waals surface area (Å²) in [4.78, 5) is 11.1. The molecule has 0 aromatic heterocycles. The molecule has 1 aromatic carbocycles. The summed E-state index contributed by atoms with van der Waals surface area (Å²) in [6, 6.07) is 4.01. The van der Waals surface area contributed by atoms with E-state index in [2.05, 4.69) is 4.74 Å². The van der Waals surface area contributed by atoms with Crippen molar-refractivity contribution in [1.29, 1.82) is 0 Å². The molecule has 1 aromatic rings. The van der Waals surface area contributed by atoms with Gasteiger partial charge in [0, 0.05) is 5.56 Å². The molecule has 0 radical (unpaired) electrons. The van der Waals surface area contributed by atoms with Crippen LogP contribution < -0.4 is 0 Å². The molecule has 0 fully saturated rings. The van der Waals surface area contributed by atoms with E-state index in [0.717, 1.165) is 18.2 Å². The maximum atomic E-state index is 13.5. The maximum Gasteiger partial charge on any atom is 0.416 e.